The predicted molar refractivity (Wildman–Crippen MR) is 96.9 cm³/mol. The smallest absolute Gasteiger partial charge is 0.232 e. The van der Waals surface area contributed by atoms with Gasteiger partial charge < -0.3 is 0 Å². The molecule has 0 fully saturated rings. The Balaban J connectivity index is 1.55. The van der Waals surface area contributed by atoms with Crippen LogP contribution in [0.4, 0.5) is 10.3 Å². The van der Waals surface area contributed by atoms with Crippen molar-refractivity contribution in [1.82, 2.24) is 9.97 Å². The Kier molecular flexibility index (Phi) is 3.51. The van der Waals surface area contributed by atoms with Gasteiger partial charge in [0.15, 0.2) is 0 Å². The molecule has 0 aliphatic rings. The van der Waals surface area contributed by atoms with E-state index in [0.29, 0.717) is 5.13 Å². The number of thiazole rings is 2. The van der Waals surface area contributed by atoms with Crippen molar-refractivity contribution in [1.29, 1.82) is 0 Å². The molecule has 0 aliphatic carbocycles. The van der Waals surface area contributed by atoms with E-state index in [1.165, 1.54) is 22.5 Å². The SMILES string of the molecule is Cc1ccc2nc(/N=N/Nc3nc4ccc(C)cc4s3)sc2c1. The van der Waals surface area contributed by atoms with Crippen LogP contribution in [0.2, 0.25) is 0 Å². The lowest BCUT2D eigenvalue weighted by Gasteiger charge is -1.88. The monoisotopic (exact) mass is 339 g/mol. The Morgan fingerprint density at radius 3 is 2.26 bits per heavy atom. The summed E-state index contributed by atoms with van der Waals surface area (Å²) in [6, 6.07) is 12.3. The van der Waals surface area contributed by atoms with Gasteiger partial charge in [0.25, 0.3) is 0 Å². The van der Waals surface area contributed by atoms with Gasteiger partial charge in [-0.15, -0.1) is 5.11 Å². The molecule has 0 bridgehead atoms. The van der Waals surface area contributed by atoms with E-state index in [4.69, 9.17) is 0 Å². The lowest BCUT2D eigenvalue weighted by atomic mass is 10.2. The lowest BCUT2D eigenvalue weighted by molar-refractivity contribution is 1.11. The molecular weight excluding hydrogens is 326 g/mol. The van der Waals surface area contributed by atoms with Gasteiger partial charge in [0.05, 0.1) is 20.4 Å². The topological polar surface area (TPSA) is 62.5 Å². The molecule has 0 atom stereocenters. The van der Waals surface area contributed by atoms with E-state index in [-0.39, 0.29) is 0 Å². The average molecular weight is 339 g/mol. The van der Waals surface area contributed by atoms with Gasteiger partial charge in [-0.1, -0.05) is 40.0 Å². The van der Waals surface area contributed by atoms with E-state index in [1.807, 2.05) is 18.2 Å². The largest absolute Gasteiger partial charge is 0.234 e. The van der Waals surface area contributed by atoms with Gasteiger partial charge >= 0.3 is 0 Å². The van der Waals surface area contributed by atoms with Crippen LogP contribution in [0.15, 0.2) is 46.7 Å². The summed E-state index contributed by atoms with van der Waals surface area (Å²) in [5, 5.41) is 9.52. The van der Waals surface area contributed by atoms with Crippen molar-refractivity contribution < 1.29 is 0 Å². The maximum atomic E-state index is 4.48. The molecule has 0 spiro atoms. The first-order chi connectivity index (χ1) is 11.2. The highest BCUT2D eigenvalue weighted by Crippen LogP contribution is 2.30. The number of benzene rings is 2. The van der Waals surface area contributed by atoms with Crippen LogP contribution in [0, 0.1) is 13.8 Å². The minimum Gasteiger partial charge on any atom is -0.234 e. The molecule has 4 aromatic rings. The second-order valence-corrected chi connectivity index (χ2v) is 7.31. The molecule has 2 aromatic carbocycles. The molecule has 2 heterocycles. The predicted octanol–water partition coefficient (Wildman–Crippen LogP) is 5.63. The molecule has 0 radical (unpaired) electrons. The fraction of sp³-hybridized carbons (Fsp3) is 0.125. The summed E-state index contributed by atoms with van der Waals surface area (Å²) in [5.74, 6) is 0. The molecule has 1 N–H and O–H groups in total. The first-order valence-electron chi connectivity index (χ1n) is 7.08. The zero-order chi connectivity index (χ0) is 15.8. The van der Waals surface area contributed by atoms with Crippen molar-refractivity contribution in [3.63, 3.8) is 0 Å². The van der Waals surface area contributed by atoms with Crippen molar-refractivity contribution in [3.05, 3.63) is 47.5 Å². The summed E-state index contributed by atoms with van der Waals surface area (Å²) < 4.78 is 2.26. The van der Waals surface area contributed by atoms with E-state index in [2.05, 4.69) is 57.8 Å². The molecule has 0 saturated heterocycles. The normalized spacial score (nSPS) is 11.7. The molecule has 5 nitrogen and oxygen atoms in total. The number of aryl methyl sites for hydroxylation is 2. The number of hydrogen-bond donors (Lipinski definition) is 1. The fourth-order valence-electron chi connectivity index (χ4n) is 2.25. The van der Waals surface area contributed by atoms with Crippen molar-refractivity contribution >= 4 is 53.4 Å². The summed E-state index contributed by atoms with van der Waals surface area (Å²) in [7, 11) is 0. The van der Waals surface area contributed by atoms with Gasteiger partial charge in [0.2, 0.25) is 10.3 Å². The standard InChI is InChI=1S/C16H13N5S2/c1-9-3-5-11-13(7-9)22-15(17-11)19-21-20-16-18-12-6-4-10(2)8-14(12)23-16/h3-8H,1-2H3,(H,17,18,19,20). The number of nitrogens with zero attached hydrogens (tertiary/aromatic N) is 4. The minimum absolute atomic E-state index is 0.634. The van der Waals surface area contributed by atoms with E-state index < -0.39 is 0 Å². The summed E-state index contributed by atoms with van der Waals surface area (Å²) in [5.41, 5.74) is 7.24. The number of rotatable bonds is 3. The number of anilines is 1. The second-order valence-electron chi connectivity index (χ2n) is 5.27. The van der Waals surface area contributed by atoms with E-state index in [1.54, 1.807) is 11.3 Å². The van der Waals surface area contributed by atoms with Crippen LogP contribution in [0.1, 0.15) is 11.1 Å². The highest BCUT2D eigenvalue weighted by atomic mass is 32.1. The Hall–Kier alpha value is -2.38. The average Bonchev–Trinajstić information content (AvgIpc) is 3.09. The molecule has 0 aliphatic heterocycles. The molecule has 0 amide bonds. The Morgan fingerprint density at radius 1 is 0.870 bits per heavy atom. The number of nitrogens with one attached hydrogen (secondary N) is 1. The van der Waals surface area contributed by atoms with Gasteiger partial charge in [-0.05, 0) is 49.2 Å². The maximum absolute atomic E-state index is 4.48. The third kappa shape index (κ3) is 2.93. The number of hydrogen-bond acceptors (Lipinski definition) is 6. The quantitative estimate of drug-likeness (QED) is 0.388. The van der Waals surface area contributed by atoms with Crippen LogP contribution in [-0.2, 0) is 0 Å². The van der Waals surface area contributed by atoms with Crippen LogP contribution < -0.4 is 5.43 Å². The third-order valence-corrected chi connectivity index (χ3v) is 5.18. The highest BCUT2D eigenvalue weighted by Gasteiger charge is 2.04. The van der Waals surface area contributed by atoms with E-state index in [9.17, 15) is 0 Å². The highest BCUT2D eigenvalue weighted by molar-refractivity contribution is 7.22. The summed E-state index contributed by atoms with van der Waals surface area (Å²) >= 11 is 3.09. The minimum atomic E-state index is 0.634. The van der Waals surface area contributed by atoms with Gasteiger partial charge in [0.1, 0.15) is 0 Å². The van der Waals surface area contributed by atoms with Crippen molar-refractivity contribution in [2.75, 3.05) is 5.43 Å². The molecule has 0 saturated carbocycles. The lowest BCUT2D eigenvalue weighted by Crippen LogP contribution is -1.83. The molecule has 23 heavy (non-hydrogen) atoms. The molecular formula is C16H13N5S2. The van der Waals surface area contributed by atoms with Gasteiger partial charge in [-0.2, -0.15) is 0 Å². The maximum Gasteiger partial charge on any atom is 0.232 e. The first-order valence-corrected chi connectivity index (χ1v) is 8.72. The third-order valence-electron chi connectivity index (χ3n) is 3.36. The zero-order valence-corrected chi connectivity index (χ0v) is 14.2. The van der Waals surface area contributed by atoms with E-state index in [0.717, 1.165) is 25.6 Å². The van der Waals surface area contributed by atoms with Crippen molar-refractivity contribution in [2.45, 2.75) is 13.8 Å². The summed E-state index contributed by atoms with van der Waals surface area (Å²) in [4.78, 5) is 8.92. The van der Waals surface area contributed by atoms with Crippen molar-refractivity contribution in [3.8, 4) is 0 Å². The Bertz CT molecular complexity index is 1030. The number of aromatic nitrogens is 2. The molecule has 0 unspecified atom stereocenters. The molecule has 4 rings (SSSR count). The van der Waals surface area contributed by atoms with Crippen LogP contribution in [0.3, 0.4) is 0 Å². The van der Waals surface area contributed by atoms with Crippen LogP contribution in [0.25, 0.3) is 20.4 Å². The van der Waals surface area contributed by atoms with Gasteiger partial charge in [-0.25, -0.2) is 15.4 Å². The van der Waals surface area contributed by atoms with Crippen LogP contribution >= 0.6 is 22.7 Å². The van der Waals surface area contributed by atoms with Gasteiger partial charge in [-0.3, -0.25) is 0 Å². The zero-order valence-electron chi connectivity index (χ0n) is 12.6. The number of fused-ring (bicyclic) bond motifs is 2. The van der Waals surface area contributed by atoms with Crippen molar-refractivity contribution in [2.24, 2.45) is 10.3 Å². The summed E-state index contributed by atoms with van der Waals surface area (Å²) in [6.07, 6.45) is 0. The molecule has 114 valence electrons. The Labute approximate surface area is 140 Å². The van der Waals surface area contributed by atoms with E-state index >= 15 is 0 Å². The fourth-order valence-corrected chi connectivity index (χ4v) is 4.04. The van der Waals surface area contributed by atoms with Crippen LogP contribution in [-0.4, -0.2) is 9.97 Å². The van der Waals surface area contributed by atoms with Crippen LogP contribution in [0.5, 0.6) is 0 Å². The second kappa shape index (κ2) is 5.68. The summed E-state index contributed by atoms with van der Waals surface area (Å²) in [6.45, 7) is 4.14. The molecule has 2 aromatic heterocycles. The molecule has 7 heteroatoms. The Morgan fingerprint density at radius 2 is 1.52 bits per heavy atom. The van der Waals surface area contributed by atoms with Gasteiger partial charge in [0, 0.05) is 0 Å². The first kappa shape index (κ1) is 14.2.